The molecule has 0 fully saturated rings. The van der Waals surface area contributed by atoms with Crippen molar-refractivity contribution in [3.05, 3.63) is 60.5 Å². The van der Waals surface area contributed by atoms with Crippen LogP contribution in [-0.4, -0.2) is 22.2 Å². The summed E-state index contributed by atoms with van der Waals surface area (Å²) in [5.74, 6) is 0.824. The molecule has 25 heavy (non-hydrogen) atoms. The molecule has 1 heterocycles. The highest BCUT2D eigenvalue weighted by Gasteiger charge is 2.15. The number of benzene rings is 2. The fourth-order valence-corrected chi connectivity index (χ4v) is 2.30. The number of carbonyl (C=O) groups is 1. The molecule has 0 aliphatic rings. The number of aryl methyl sites for hydroxylation is 1. The highest BCUT2D eigenvalue weighted by Crippen LogP contribution is 2.21. The maximum absolute atomic E-state index is 12.3. The molecule has 0 bridgehead atoms. The number of rotatable bonds is 6. The van der Waals surface area contributed by atoms with E-state index < -0.39 is 6.10 Å². The van der Waals surface area contributed by atoms with Crippen molar-refractivity contribution in [1.82, 2.24) is 10.2 Å². The van der Waals surface area contributed by atoms with Crippen LogP contribution < -0.4 is 10.1 Å². The van der Waals surface area contributed by atoms with Crippen LogP contribution in [0, 0.1) is 0 Å². The summed E-state index contributed by atoms with van der Waals surface area (Å²) in [4.78, 5) is 12.3. The van der Waals surface area contributed by atoms with Gasteiger partial charge in [0.25, 0.3) is 5.91 Å². The van der Waals surface area contributed by atoms with E-state index in [1.165, 1.54) is 12.0 Å². The second-order valence-corrected chi connectivity index (χ2v) is 5.57. The van der Waals surface area contributed by atoms with Gasteiger partial charge >= 0.3 is 0 Å². The Morgan fingerprint density at radius 3 is 2.48 bits per heavy atom. The zero-order valence-electron chi connectivity index (χ0n) is 14.1. The van der Waals surface area contributed by atoms with Crippen LogP contribution in [0.25, 0.3) is 11.5 Å². The average molecular weight is 337 g/mol. The third-order valence-electron chi connectivity index (χ3n) is 3.77. The number of aromatic nitrogens is 2. The first kappa shape index (κ1) is 16.7. The summed E-state index contributed by atoms with van der Waals surface area (Å²) in [6, 6.07) is 14.9. The van der Waals surface area contributed by atoms with Crippen molar-refractivity contribution in [2.24, 2.45) is 0 Å². The van der Waals surface area contributed by atoms with Crippen molar-refractivity contribution in [3.8, 4) is 17.2 Å². The normalized spacial score (nSPS) is 11.8. The number of carbonyl (C=O) groups excluding carboxylic acids is 1. The van der Waals surface area contributed by atoms with Crippen molar-refractivity contribution in [1.29, 1.82) is 0 Å². The van der Waals surface area contributed by atoms with Crippen LogP contribution >= 0.6 is 0 Å². The fourth-order valence-electron chi connectivity index (χ4n) is 2.30. The number of nitrogens with one attached hydrogen (secondary N) is 1. The zero-order chi connectivity index (χ0) is 17.6. The van der Waals surface area contributed by atoms with Crippen molar-refractivity contribution in [2.75, 3.05) is 5.32 Å². The van der Waals surface area contributed by atoms with Crippen LogP contribution in [0.3, 0.4) is 0 Å². The van der Waals surface area contributed by atoms with E-state index >= 15 is 0 Å². The van der Waals surface area contributed by atoms with Gasteiger partial charge < -0.3 is 14.5 Å². The number of amides is 1. The summed E-state index contributed by atoms with van der Waals surface area (Å²) in [6.45, 7) is 3.80. The van der Waals surface area contributed by atoms with E-state index in [2.05, 4.69) is 22.4 Å². The summed E-state index contributed by atoms with van der Waals surface area (Å²) in [6.07, 6.45) is 1.62. The molecule has 1 aromatic heterocycles. The lowest BCUT2D eigenvalue weighted by atomic mass is 10.1. The summed E-state index contributed by atoms with van der Waals surface area (Å²) >= 11 is 0. The SMILES string of the molecule is CCc1ccc(NC(=O)[C@H](C)Oc2ccc(-c3nnco3)cc2)cc1. The Morgan fingerprint density at radius 2 is 1.88 bits per heavy atom. The summed E-state index contributed by atoms with van der Waals surface area (Å²) in [5, 5.41) is 10.3. The highest BCUT2D eigenvalue weighted by molar-refractivity contribution is 5.94. The number of nitrogens with zero attached hydrogens (tertiary/aromatic N) is 2. The third-order valence-corrected chi connectivity index (χ3v) is 3.77. The maximum Gasteiger partial charge on any atom is 0.265 e. The van der Waals surface area contributed by atoms with E-state index in [9.17, 15) is 4.79 Å². The fraction of sp³-hybridized carbons (Fsp3) is 0.211. The van der Waals surface area contributed by atoms with Crippen molar-refractivity contribution in [2.45, 2.75) is 26.4 Å². The maximum atomic E-state index is 12.3. The van der Waals surface area contributed by atoms with Crippen LogP contribution in [-0.2, 0) is 11.2 Å². The van der Waals surface area contributed by atoms with Gasteiger partial charge in [0, 0.05) is 11.3 Å². The molecule has 1 N–H and O–H groups in total. The van der Waals surface area contributed by atoms with Gasteiger partial charge in [-0.2, -0.15) is 0 Å². The van der Waals surface area contributed by atoms with E-state index in [1.807, 2.05) is 24.3 Å². The lowest BCUT2D eigenvalue weighted by Crippen LogP contribution is -2.30. The monoisotopic (exact) mass is 337 g/mol. The van der Waals surface area contributed by atoms with Gasteiger partial charge in [-0.15, -0.1) is 10.2 Å². The Bertz CT molecular complexity index is 812. The Balaban J connectivity index is 1.59. The van der Waals surface area contributed by atoms with Crippen molar-refractivity contribution < 1.29 is 13.9 Å². The molecule has 6 nitrogen and oxygen atoms in total. The van der Waals surface area contributed by atoms with Crippen LogP contribution in [0.1, 0.15) is 19.4 Å². The number of hydrogen-bond acceptors (Lipinski definition) is 5. The number of ether oxygens (including phenoxy) is 1. The van der Waals surface area contributed by atoms with E-state index in [-0.39, 0.29) is 5.91 Å². The van der Waals surface area contributed by atoms with Gasteiger partial charge in [-0.05, 0) is 55.3 Å². The largest absolute Gasteiger partial charge is 0.481 e. The third kappa shape index (κ3) is 4.23. The van der Waals surface area contributed by atoms with E-state index in [0.717, 1.165) is 17.7 Å². The minimum Gasteiger partial charge on any atom is -0.481 e. The van der Waals surface area contributed by atoms with Gasteiger partial charge in [-0.3, -0.25) is 4.79 Å². The highest BCUT2D eigenvalue weighted by atomic mass is 16.5. The second kappa shape index (κ2) is 7.61. The van der Waals surface area contributed by atoms with E-state index in [4.69, 9.17) is 9.15 Å². The molecule has 1 atom stereocenters. The van der Waals surface area contributed by atoms with Crippen molar-refractivity contribution in [3.63, 3.8) is 0 Å². The van der Waals surface area contributed by atoms with Gasteiger partial charge in [0.1, 0.15) is 5.75 Å². The zero-order valence-corrected chi connectivity index (χ0v) is 14.1. The van der Waals surface area contributed by atoms with Crippen LogP contribution in [0.5, 0.6) is 5.75 Å². The molecule has 3 aromatic rings. The lowest BCUT2D eigenvalue weighted by Gasteiger charge is -2.15. The van der Waals surface area contributed by atoms with Crippen LogP contribution in [0.4, 0.5) is 5.69 Å². The van der Waals surface area contributed by atoms with Gasteiger partial charge in [0.2, 0.25) is 12.3 Å². The Labute approximate surface area is 145 Å². The summed E-state index contributed by atoms with van der Waals surface area (Å²) in [7, 11) is 0. The molecule has 1 amide bonds. The average Bonchev–Trinajstić information content (AvgIpc) is 3.17. The molecule has 128 valence electrons. The number of hydrogen-bond donors (Lipinski definition) is 1. The predicted octanol–water partition coefficient (Wildman–Crippen LogP) is 3.71. The smallest absolute Gasteiger partial charge is 0.265 e. The van der Waals surface area contributed by atoms with Crippen LogP contribution in [0.15, 0.2) is 59.3 Å². The summed E-state index contributed by atoms with van der Waals surface area (Å²) in [5.41, 5.74) is 2.77. The Kier molecular flexibility index (Phi) is 5.09. The Hall–Kier alpha value is -3.15. The molecule has 0 saturated carbocycles. The van der Waals surface area contributed by atoms with E-state index in [0.29, 0.717) is 11.6 Å². The lowest BCUT2D eigenvalue weighted by molar-refractivity contribution is -0.122. The molecule has 0 spiro atoms. The minimum atomic E-state index is -0.625. The van der Waals surface area contributed by atoms with Crippen LogP contribution in [0.2, 0.25) is 0 Å². The molecule has 0 unspecified atom stereocenters. The molecular weight excluding hydrogens is 318 g/mol. The quantitative estimate of drug-likeness (QED) is 0.742. The second-order valence-electron chi connectivity index (χ2n) is 5.57. The molecule has 0 saturated heterocycles. The van der Waals surface area contributed by atoms with E-state index in [1.54, 1.807) is 31.2 Å². The minimum absolute atomic E-state index is 0.203. The Morgan fingerprint density at radius 1 is 1.16 bits per heavy atom. The number of anilines is 1. The first-order chi connectivity index (χ1) is 12.2. The van der Waals surface area contributed by atoms with Crippen molar-refractivity contribution >= 4 is 11.6 Å². The molecule has 0 aliphatic heterocycles. The van der Waals surface area contributed by atoms with Gasteiger partial charge in [0.15, 0.2) is 6.10 Å². The topological polar surface area (TPSA) is 77.2 Å². The van der Waals surface area contributed by atoms with Gasteiger partial charge in [-0.25, -0.2) is 0 Å². The standard InChI is InChI=1S/C19H19N3O3/c1-3-14-4-8-16(9-5-14)21-18(23)13(2)25-17-10-6-15(7-11-17)19-22-20-12-24-19/h4-13H,3H2,1-2H3,(H,21,23)/t13-/m0/s1. The van der Waals surface area contributed by atoms with Gasteiger partial charge in [0.05, 0.1) is 0 Å². The summed E-state index contributed by atoms with van der Waals surface area (Å²) < 4.78 is 10.8. The molecule has 3 rings (SSSR count). The van der Waals surface area contributed by atoms with Gasteiger partial charge in [-0.1, -0.05) is 19.1 Å². The first-order valence-corrected chi connectivity index (χ1v) is 8.09. The molecule has 0 aliphatic carbocycles. The predicted molar refractivity (Wildman–Crippen MR) is 94.3 cm³/mol. The molecule has 6 heteroatoms. The molecular formula is C19H19N3O3. The first-order valence-electron chi connectivity index (χ1n) is 8.09. The molecule has 0 radical (unpaired) electrons. The molecule has 2 aromatic carbocycles.